The molecule has 1 aliphatic rings. The molecule has 1 saturated heterocycles. The van der Waals surface area contributed by atoms with Crippen molar-refractivity contribution in [2.75, 3.05) is 13.2 Å². The molecule has 2 atom stereocenters. The number of hydrogen-bond donors (Lipinski definition) is 3. The van der Waals surface area contributed by atoms with Crippen LogP contribution in [0, 0.1) is 5.92 Å². The maximum Gasteiger partial charge on any atom is 0.226 e. The van der Waals surface area contributed by atoms with E-state index >= 15 is 0 Å². The third-order valence-corrected chi connectivity index (χ3v) is 5.14. The van der Waals surface area contributed by atoms with Crippen LogP contribution >= 0.6 is 27.5 Å². The summed E-state index contributed by atoms with van der Waals surface area (Å²) in [6, 6.07) is 13.4. The van der Waals surface area contributed by atoms with Gasteiger partial charge in [0.05, 0.1) is 23.6 Å². The topological polar surface area (TPSA) is 62.4 Å². The van der Waals surface area contributed by atoms with Crippen molar-refractivity contribution >= 4 is 33.4 Å². The van der Waals surface area contributed by atoms with Crippen molar-refractivity contribution in [1.82, 2.24) is 16.2 Å². The molecule has 1 heterocycles. The normalized spacial score (nSPS) is 19.3. The van der Waals surface area contributed by atoms with Gasteiger partial charge < -0.3 is 10.1 Å². The highest BCUT2D eigenvalue weighted by Gasteiger charge is 2.34. The predicted molar refractivity (Wildman–Crippen MR) is 106 cm³/mol. The zero-order valence-corrected chi connectivity index (χ0v) is 16.7. The average molecular weight is 439 g/mol. The van der Waals surface area contributed by atoms with E-state index in [-0.39, 0.29) is 17.9 Å². The minimum Gasteiger partial charge on any atom is -0.492 e. The summed E-state index contributed by atoms with van der Waals surface area (Å²) in [6.45, 7) is 3.53. The molecule has 5 nitrogen and oxygen atoms in total. The number of ether oxygens (including phenoxy) is 1. The lowest BCUT2D eigenvalue weighted by atomic mass is 9.94. The molecule has 0 spiro atoms. The van der Waals surface area contributed by atoms with Crippen molar-refractivity contribution < 1.29 is 9.53 Å². The standard InChI is InChI=1S/C19H21BrClN3O2/c1-2-26-17-8-5-13(9-16(17)21)18-15(11-23-24-18)19(25)22-10-12-3-6-14(20)7-4-12/h3-9,15,18,23-24H,2,10-11H2,1H3,(H,22,25). The van der Waals surface area contributed by atoms with E-state index in [4.69, 9.17) is 16.3 Å². The van der Waals surface area contributed by atoms with Crippen molar-refractivity contribution in [2.24, 2.45) is 5.92 Å². The second-order valence-electron chi connectivity index (χ2n) is 6.08. The molecule has 1 aliphatic heterocycles. The maximum absolute atomic E-state index is 12.7. The summed E-state index contributed by atoms with van der Waals surface area (Å²) in [5.41, 5.74) is 8.25. The summed E-state index contributed by atoms with van der Waals surface area (Å²) >= 11 is 9.70. The largest absolute Gasteiger partial charge is 0.492 e. The molecule has 0 aromatic heterocycles. The van der Waals surface area contributed by atoms with Gasteiger partial charge in [0.1, 0.15) is 5.75 Å². The molecule has 3 rings (SSSR count). The number of nitrogens with one attached hydrogen (secondary N) is 3. The summed E-state index contributed by atoms with van der Waals surface area (Å²) in [7, 11) is 0. The van der Waals surface area contributed by atoms with Gasteiger partial charge in [-0.15, -0.1) is 0 Å². The van der Waals surface area contributed by atoms with Crippen molar-refractivity contribution in [2.45, 2.75) is 19.5 Å². The number of benzene rings is 2. The Morgan fingerprint density at radius 2 is 2.08 bits per heavy atom. The van der Waals surface area contributed by atoms with Crippen molar-refractivity contribution in [3.63, 3.8) is 0 Å². The molecule has 2 aromatic rings. The van der Waals surface area contributed by atoms with Crippen LogP contribution in [-0.2, 0) is 11.3 Å². The van der Waals surface area contributed by atoms with Crippen LogP contribution in [0.4, 0.5) is 0 Å². The molecule has 0 saturated carbocycles. The Hall–Kier alpha value is -1.60. The Kier molecular flexibility index (Phi) is 6.53. The van der Waals surface area contributed by atoms with Crippen LogP contribution in [0.15, 0.2) is 46.9 Å². The van der Waals surface area contributed by atoms with Crippen LogP contribution in [0.2, 0.25) is 5.02 Å². The van der Waals surface area contributed by atoms with E-state index in [2.05, 4.69) is 32.1 Å². The smallest absolute Gasteiger partial charge is 0.226 e. The number of hydrazine groups is 1. The van der Waals surface area contributed by atoms with Gasteiger partial charge in [0.2, 0.25) is 5.91 Å². The summed E-state index contributed by atoms with van der Waals surface area (Å²) in [4.78, 5) is 12.7. The summed E-state index contributed by atoms with van der Waals surface area (Å²) in [5.74, 6) is 0.431. The van der Waals surface area contributed by atoms with Crippen LogP contribution in [-0.4, -0.2) is 19.1 Å². The summed E-state index contributed by atoms with van der Waals surface area (Å²) in [5, 5.41) is 3.56. The summed E-state index contributed by atoms with van der Waals surface area (Å²) in [6.07, 6.45) is 0. The SMILES string of the molecule is CCOc1ccc(C2NNCC2C(=O)NCc2ccc(Br)cc2)cc1Cl. The van der Waals surface area contributed by atoms with E-state index < -0.39 is 0 Å². The van der Waals surface area contributed by atoms with Gasteiger partial charge in [0.25, 0.3) is 0 Å². The van der Waals surface area contributed by atoms with Crippen LogP contribution in [0.25, 0.3) is 0 Å². The van der Waals surface area contributed by atoms with E-state index in [1.807, 2.05) is 49.4 Å². The highest BCUT2D eigenvalue weighted by atomic mass is 79.9. The number of carbonyl (C=O) groups is 1. The van der Waals surface area contributed by atoms with Gasteiger partial charge in [-0.25, -0.2) is 5.43 Å². The zero-order chi connectivity index (χ0) is 18.5. The lowest BCUT2D eigenvalue weighted by molar-refractivity contribution is -0.125. The van der Waals surface area contributed by atoms with Crippen molar-refractivity contribution in [1.29, 1.82) is 0 Å². The van der Waals surface area contributed by atoms with E-state index in [0.717, 1.165) is 15.6 Å². The van der Waals surface area contributed by atoms with Gasteiger partial charge in [-0.2, -0.15) is 0 Å². The van der Waals surface area contributed by atoms with Gasteiger partial charge in [0, 0.05) is 17.6 Å². The Morgan fingerprint density at radius 3 is 2.77 bits per heavy atom. The van der Waals surface area contributed by atoms with E-state index in [1.54, 1.807) is 0 Å². The number of hydrogen-bond acceptors (Lipinski definition) is 4. The van der Waals surface area contributed by atoms with Crippen LogP contribution in [0.1, 0.15) is 24.1 Å². The first-order valence-electron chi connectivity index (χ1n) is 8.51. The fourth-order valence-electron chi connectivity index (χ4n) is 2.96. The number of amides is 1. The third kappa shape index (κ3) is 4.57. The zero-order valence-electron chi connectivity index (χ0n) is 14.4. The molecule has 0 radical (unpaired) electrons. The van der Waals surface area contributed by atoms with Gasteiger partial charge in [-0.05, 0) is 42.3 Å². The van der Waals surface area contributed by atoms with Crippen LogP contribution in [0.5, 0.6) is 5.75 Å². The highest BCUT2D eigenvalue weighted by molar-refractivity contribution is 9.10. The first kappa shape index (κ1) is 19.2. The van der Waals surface area contributed by atoms with E-state index in [9.17, 15) is 4.79 Å². The fraction of sp³-hybridized carbons (Fsp3) is 0.316. The molecule has 2 unspecified atom stereocenters. The Labute approximate surface area is 166 Å². The van der Waals surface area contributed by atoms with E-state index in [1.165, 1.54) is 0 Å². The molecule has 0 bridgehead atoms. The highest BCUT2D eigenvalue weighted by Crippen LogP contribution is 2.32. The third-order valence-electron chi connectivity index (χ3n) is 4.31. The van der Waals surface area contributed by atoms with Gasteiger partial charge >= 0.3 is 0 Å². The number of rotatable bonds is 6. The Morgan fingerprint density at radius 1 is 1.31 bits per heavy atom. The molecule has 1 amide bonds. The molecule has 7 heteroatoms. The first-order valence-corrected chi connectivity index (χ1v) is 9.68. The molecule has 138 valence electrons. The van der Waals surface area contributed by atoms with Gasteiger partial charge in [-0.3, -0.25) is 10.2 Å². The van der Waals surface area contributed by atoms with Crippen molar-refractivity contribution in [3.05, 3.63) is 63.1 Å². The lowest BCUT2D eigenvalue weighted by Crippen LogP contribution is -2.34. The Bertz CT molecular complexity index is 770. The molecule has 3 N–H and O–H groups in total. The molecule has 26 heavy (non-hydrogen) atoms. The second kappa shape index (κ2) is 8.86. The minimum absolute atomic E-state index is 0.000394. The fourth-order valence-corrected chi connectivity index (χ4v) is 3.47. The first-order chi connectivity index (χ1) is 12.6. The van der Waals surface area contributed by atoms with Crippen LogP contribution in [0.3, 0.4) is 0 Å². The summed E-state index contributed by atoms with van der Waals surface area (Å²) < 4.78 is 6.49. The maximum atomic E-state index is 12.7. The van der Waals surface area contributed by atoms with Gasteiger partial charge in [0.15, 0.2) is 0 Å². The average Bonchev–Trinajstić information content (AvgIpc) is 3.13. The molecule has 1 fully saturated rings. The predicted octanol–water partition coefficient (Wildman–Crippen LogP) is 3.58. The van der Waals surface area contributed by atoms with Gasteiger partial charge in [-0.1, -0.05) is 45.7 Å². The molecular weight excluding hydrogens is 418 g/mol. The molecule has 0 aliphatic carbocycles. The van der Waals surface area contributed by atoms with Crippen molar-refractivity contribution in [3.8, 4) is 5.75 Å². The number of carbonyl (C=O) groups excluding carboxylic acids is 1. The van der Waals surface area contributed by atoms with E-state index in [0.29, 0.717) is 30.5 Å². The quantitative estimate of drug-likeness (QED) is 0.645. The minimum atomic E-state index is -0.223. The lowest BCUT2D eigenvalue weighted by Gasteiger charge is -2.19. The van der Waals surface area contributed by atoms with Crippen LogP contribution < -0.4 is 20.9 Å². The Balaban J connectivity index is 1.66. The number of halogens is 2. The monoisotopic (exact) mass is 437 g/mol. The molecule has 2 aromatic carbocycles. The molecular formula is C19H21BrClN3O2. The second-order valence-corrected chi connectivity index (χ2v) is 7.40.